The molecule has 1 rings (SSSR count). The first kappa shape index (κ1) is 10.6. The number of H-pyrrole nitrogens is 1. The molecule has 0 aromatic carbocycles. The molecule has 1 amide bonds. The van der Waals surface area contributed by atoms with Gasteiger partial charge >= 0.3 is 0 Å². The fourth-order valence-corrected chi connectivity index (χ4v) is 1.06. The number of unbranched alkanes of at least 4 members (excludes halogenated alkanes) is 2. The highest BCUT2D eigenvalue weighted by Crippen LogP contribution is 1.98. The van der Waals surface area contributed by atoms with Gasteiger partial charge in [0.15, 0.2) is 5.82 Å². The summed E-state index contributed by atoms with van der Waals surface area (Å²) in [6, 6.07) is 0. The van der Waals surface area contributed by atoms with Gasteiger partial charge in [-0.2, -0.15) is 5.21 Å². The molecule has 0 radical (unpaired) electrons. The summed E-state index contributed by atoms with van der Waals surface area (Å²) in [5.41, 5.74) is 0. The molecule has 1 heterocycles. The zero-order chi connectivity index (χ0) is 10.2. The van der Waals surface area contributed by atoms with Crippen LogP contribution >= 0.6 is 0 Å². The molecule has 0 saturated carbocycles. The number of nitrogens with one attached hydrogen (secondary N) is 2. The van der Waals surface area contributed by atoms with Crippen molar-refractivity contribution in [3.63, 3.8) is 0 Å². The lowest BCUT2D eigenvalue weighted by Crippen LogP contribution is -2.22. The van der Waals surface area contributed by atoms with Crippen LogP contribution in [0.15, 0.2) is 0 Å². The number of tetrazole rings is 1. The second kappa shape index (κ2) is 6.06. The molecule has 0 unspecified atom stereocenters. The Morgan fingerprint density at radius 3 is 3.00 bits per heavy atom. The smallest absolute Gasteiger partial charge is 0.220 e. The van der Waals surface area contributed by atoms with Crippen molar-refractivity contribution in [2.45, 2.75) is 39.2 Å². The van der Waals surface area contributed by atoms with E-state index in [2.05, 4.69) is 32.9 Å². The number of aromatic amines is 1. The standard InChI is InChI=1S/C8H15N5O/c1-2-3-4-5-8(14)9-6-7-10-12-13-11-7/h2-6H2,1H3,(H,9,14)(H,10,11,12,13). The van der Waals surface area contributed by atoms with E-state index in [1.807, 2.05) is 0 Å². The first-order valence-electron chi connectivity index (χ1n) is 4.82. The monoisotopic (exact) mass is 197 g/mol. The molecular formula is C8H15N5O. The van der Waals surface area contributed by atoms with Crippen molar-refractivity contribution < 1.29 is 4.79 Å². The van der Waals surface area contributed by atoms with E-state index in [4.69, 9.17) is 0 Å². The summed E-state index contributed by atoms with van der Waals surface area (Å²) in [6.07, 6.45) is 3.73. The molecule has 14 heavy (non-hydrogen) atoms. The van der Waals surface area contributed by atoms with Gasteiger partial charge in [-0.15, -0.1) is 10.2 Å². The molecule has 0 aliphatic carbocycles. The fraction of sp³-hybridized carbons (Fsp3) is 0.750. The summed E-state index contributed by atoms with van der Waals surface area (Å²) in [4.78, 5) is 11.2. The minimum absolute atomic E-state index is 0.0447. The molecule has 6 nitrogen and oxygen atoms in total. The molecule has 78 valence electrons. The molecule has 0 bridgehead atoms. The second-order valence-electron chi connectivity index (χ2n) is 3.06. The van der Waals surface area contributed by atoms with E-state index >= 15 is 0 Å². The van der Waals surface area contributed by atoms with Gasteiger partial charge in [-0.25, -0.2) is 0 Å². The summed E-state index contributed by atoms with van der Waals surface area (Å²) in [6.45, 7) is 2.46. The maximum Gasteiger partial charge on any atom is 0.220 e. The number of nitrogens with zero attached hydrogens (tertiary/aromatic N) is 3. The van der Waals surface area contributed by atoms with Gasteiger partial charge in [0.1, 0.15) is 0 Å². The summed E-state index contributed by atoms with van der Waals surface area (Å²) in [5.74, 6) is 0.553. The second-order valence-corrected chi connectivity index (χ2v) is 3.06. The molecule has 1 aromatic rings. The van der Waals surface area contributed by atoms with Crippen LogP contribution in [0.25, 0.3) is 0 Å². The van der Waals surface area contributed by atoms with Gasteiger partial charge in [-0.3, -0.25) is 4.79 Å². The van der Waals surface area contributed by atoms with Crippen LogP contribution in [0.5, 0.6) is 0 Å². The van der Waals surface area contributed by atoms with Crippen LogP contribution in [-0.4, -0.2) is 26.5 Å². The molecule has 0 aliphatic rings. The highest BCUT2D eigenvalue weighted by Gasteiger charge is 2.02. The SMILES string of the molecule is CCCCCC(=O)NCc1nn[nH]n1. The molecule has 0 saturated heterocycles. The maximum absolute atomic E-state index is 11.2. The van der Waals surface area contributed by atoms with Gasteiger partial charge in [0.05, 0.1) is 6.54 Å². The fourth-order valence-electron chi connectivity index (χ4n) is 1.06. The van der Waals surface area contributed by atoms with Crippen molar-refractivity contribution in [2.75, 3.05) is 0 Å². The normalized spacial score (nSPS) is 10.1. The Morgan fingerprint density at radius 1 is 1.50 bits per heavy atom. The van der Waals surface area contributed by atoms with E-state index in [-0.39, 0.29) is 5.91 Å². The molecule has 0 aliphatic heterocycles. The third kappa shape index (κ3) is 3.97. The van der Waals surface area contributed by atoms with E-state index in [9.17, 15) is 4.79 Å². The van der Waals surface area contributed by atoms with Gasteiger partial charge in [0.2, 0.25) is 5.91 Å². The number of hydrogen-bond acceptors (Lipinski definition) is 4. The topological polar surface area (TPSA) is 83.6 Å². The van der Waals surface area contributed by atoms with Gasteiger partial charge in [0.25, 0.3) is 0 Å². The van der Waals surface area contributed by atoms with E-state index in [0.29, 0.717) is 18.8 Å². The first-order valence-corrected chi connectivity index (χ1v) is 4.82. The Labute approximate surface area is 82.5 Å². The average Bonchev–Trinajstić information content (AvgIpc) is 2.68. The van der Waals surface area contributed by atoms with Crippen LogP contribution < -0.4 is 5.32 Å². The Balaban J connectivity index is 2.09. The van der Waals surface area contributed by atoms with E-state index in [0.717, 1.165) is 19.3 Å². The van der Waals surface area contributed by atoms with Gasteiger partial charge in [-0.1, -0.05) is 25.0 Å². The minimum Gasteiger partial charge on any atom is -0.349 e. The third-order valence-corrected chi connectivity index (χ3v) is 1.84. The van der Waals surface area contributed by atoms with Gasteiger partial charge in [0, 0.05) is 6.42 Å². The number of carbonyl (C=O) groups excluding carboxylic acids is 1. The molecule has 6 heteroatoms. The lowest BCUT2D eigenvalue weighted by molar-refractivity contribution is -0.121. The lowest BCUT2D eigenvalue weighted by Gasteiger charge is -2.00. The van der Waals surface area contributed by atoms with Crippen molar-refractivity contribution in [3.05, 3.63) is 5.82 Å². The number of hydrogen-bond donors (Lipinski definition) is 2. The summed E-state index contributed by atoms with van der Waals surface area (Å²) >= 11 is 0. The molecule has 0 spiro atoms. The molecule has 1 aromatic heterocycles. The number of carbonyl (C=O) groups is 1. The van der Waals surface area contributed by atoms with Crippen LogP contribution in [0.3, 0.4) is 0 Å². The lowest BCUT2D eigenvalue weighted by atomic mass is 10.2. The number of amides is 1. The van der Waals surface area contributed by atoms with Gasteiger partial charge in [-0.05, 0) is 6.42 Å². The van der Waals surface area contributed by atoms with Crippen LogP contribution in [0, 0.1) is 0 Å². The Hall–Kier alpha value is -1.46. The predicted octanol–water partition coefficient (Wildman–Crippen LogP) is 0.396. The van der Waals surface area contributed by atoms with Crippen LogP contribution in [0.1, 0.15) is 38.4 Å². The zero-order valence-electron chi connectivity index (χ0n) is 8.29. The van der Waals surface area contributed by atoms with Crippen LogP contribution in [0.2, 0.25) is 0 Å². The average molecular weight is 197 g/mol. The third-order valence-electron chi connectivity index (χ3n) is 1.84. The molecule has 0 atom stereocenters. The van der Waals surface area contributed by atoms with Crippen molar-refractivity contribution in [3.8, 4) is 0 Å². The Kier molecular flexibility index (Phi) is 4.60. The van der Waals surface area contributed by atoms with E-state index in [1.165, 1.54) is 0 Å². The first-order chi connectivity index (χ1) is 6.83. The minimum atomic E-state index is 0.0447. The largest absolute Gasteiger partial charge is 0.349 e. The number of rotatable bonds is 6. The molecule has 2 N–H and O–H groups in total. The predicted molar refractivity (Wildman–Crippen MR) is 50.2 cm³/mol. The van der Waals surface area contributed by atoms with Crippen molar-refractivity contribution in [2.24, 2.45) is 0 Å². The maximum atomic E-state index is 11.2. The number of aromatic nitrogens is 4. The quantitative estimate of drug-likeness (QED) is 0.646. The summed E-state index contributed by atoms with van der Waals surface area (Å²) in [7, 11) is 0. The Bertz CT molecular complexity index is 259. The van der Waals surface area contributed by atoms with Crippen molar-refractivity contribution in [1.29, 1.82) is 0 Å². The van der Waals surface area contributed by atoms with Gasteiger partial charge < -0.3 is 5.32 Å². The summed E-state index contributed by atoms with van der Waals surface area (Å²) < 4.78 is 0. The highest BCUT2D eigenvalue weighted by atomic mass is 16.1. The van der Waals surface area contributed by atoms with Crippen LogP contribution in [-0.2, 0) is 11.3 Å². The molecular weight excluding hydrogens is 182 g/mol. The summed E-state index contributed by atoms with van der Waals surface area (Å²) in [5, 5.41) is 15.9. The Morgan fingerprint density at radius 2 is 2.36 bits per heavy atom. The van der Waals surface area contributed by atoms with Crippen molar-refractivity contribution in [1.82, 2.24) is 25.9 Å². The van der Waals surface area contributed by atoms with Crippen molar-refractivity contribution >= 4 is 5.91 Å². The van der Waals surface area contributed by atoms with Crippen LogP contribution in [0.4, 0.5) is 0 Å². The molecule has 0 fully saturated rings. The zero-order valence-corrected chi connectivity index (χ0v) is 8.29. The van der Waals surface area contributed by atoms with E-state index < -0.39 is 0 Å². The highest BCUT2D eigenvalue weighted by molar-refractivity contribution is 5.75. The van der Waals surface area contributed by atoms with E-state index in [1.54, 1.807) is 0 Å².